The molecule has 2 aromatic rings. The van der Waals surface area contributed by atoms with Crippen molar-refractivity contribution in [2.45, 2.75) is 29.9 Å². The normalized spacial score (nSPS) is 10.4. The molecule has 2 heterocycles. The Morgan fingerprint density at radius 1 is 1.45 bits per heavy atom. The molecule has 0 saturated heterocycles. The summed E-state index contributed by atoms with van der Waals surface area (Å²) in [5.41, 5.74) is 0.434. The summed E-state index contributed by atoms with van der Waals surface area (Å²) in [5, 5.41) is 11.5. The third kappa shape index (κ3) is 3.64. The summed E-state index contributed by atoms with van der Waals surface area (Å²) in [4.78, 5) is 32.4. The number of nitro groups is 1. The molecule has 0 aliphatic carbocycles. The van der Waals surface area contributed by atoms with Crippen LogP contribution in [0.5, 0.6) is 0 Å². The minimum atomic E-state index is -0.510. The number of hydrogen-bond donors (Lipinski definition) is 1. The fraction of sp³-hybridized carbons (Fsp3) is 0.250. The lowest BCUT2D eigenvalue weighted by atomic mass is 10.2. The van der Waals surface area contributed by atoms with Gasteiger partial charge in [-0.25, -0.2) is 9.97 Å². The van der Waals surface area contributed by atoms with Crippen molar-refractivity contribution in [3.63, 3.8) is 0 Å². The molecule has 0 aliphatic rings. The van der Waals surface area contributed by atoms with Crippen molar-refractivity contribution in [3.8, 4) is 0 Å². The minimum absolute atomic E-state index is 0.0736. The smallest absolute Gasteiger partial charge is 0.287 e. The summed E-state index contributed by atoms with van der Waals surface area (Å²) in [7, 11) is 0. The topological polar surface area (TPSA) is 102 Å². The first-order valence-electron chi connectivity index (χ1n) is 5.97. The van der Waals surface area contributed by atoms with Gasteiger partial charge in [0.1, 0.15) is 11.2 Å². The number of pyridine rings is 1. The first kappa shape index (κ1) is 14.2. The Bertz CT molecular complexity index is 669. The molecule has 2 rings (SSSR count). The lowest BCUT2D eigenvalue weighted by molar-refractivity contribution is -0.385. The monoisotopic (exact) mass is 292 g/mol. The van der Waals surface area contributed by atoms with Gasteiger partial charge < -0.3 is 4.98 Å². The Kier molecular flexibility index (Phi) is 4.46. The van der Waals surface area contributed by atoms with Gasteiger partial charge in [0.25, 0.3) is 11.2 Å². The molecule has 0 aromatic carbocycles. The number of nitrogens with one attached hydrogen (secondary N) is 1. The van der Waals surface area contributed by atoms with Crippen LogP contribution in [-0.2, 0) is 6.42 Å². The summed E-state index contributed by atoms with van der Waals surface area (Å²) in [6.07, 6.45) is 2.80. The first-order valence-corrected chi connectivity index (χ1v) is 6.78. The summed E-state index contributed by atoms with van der Waals surface area (Å²) < 4.78 is 0. The summed E-state index contributed by atoms with van der Waals surface area (Å²) in [6, 6.07) is 4.36. The fourth-order valence-corrected chi connectivity index (χ4v) is 2.31. The van der Waals surface area contributed by atoms with E-state index in [1.807, 2.05) is 6.92 Å². The molecule has 0 radical (unpaired) electrons. The van der Waals surface area contributed by atoms with Crippen molar-refractivity contribution in [2.75, 3.05) is 0 Å². The molecule has 0 unspecified atom stereocenters. The van der Waals surface area contributed by atoms with E-state index in [1.165, 1.54) is 24.4 Å². The van der Waals surface area contributed by atoms with Gasteiger partial charge in [-0.1, -0.05) is 13.3 Å². The highest BCUT2D eigenvalue weighted by Gasteiger charge is 2.08. The Labute approximate surface area is 118 Å². The molecule has 0 spiro atoms. The molecule has 8 heteroatoms. The average molecular weight is 292 g/mol. The zero-order valence-corrected chi connectivity index (χ0v) is 11.5. The van der Waals surface area contributed by atoms with Crippen molar-refractivity contribution in [3.05, 3.63) is 50.6 Å². The van der Waals surface area contributed by atoms with Crippen molar-refractivity contribution >= 4 is 17.4 Å². The van der Waals surface area contributed by atoms with Crippen LogP contribution in [0, 0.1) is 10.1 Å². The highest BCUT2D eigenvalue weighted by atomic mass is 32.2. The van der Waals surface area contributed by atoms with Crippen LogP contribution in [0.2, 0.25) is 0 Å². The van der Waals surface area contributed by atoms with Crippen LogP contribution in [0.15, 0.2) is 39.4 Å². The molecular weight excluding hydrogens is 280 g/mol. The number of aryl methyl sites for hydroxylation is 1. The highest BCUT2D eigenvalue weighted by molar-refractivity contribution is 7.99. The Morgan fingerprint density at radius 3 is 2.85 bits per heavy atom. The van der Waals surface area contributed by atoms with Gasteiger partial charge >= 0.3 is 0 Å². The molecule has 104 valence electrons. The van der Waals surface area contributed by atoms with Gasteiger partial charge in [0, 0.05) is 17.8 Å². The van der Waals surface area contributed by atoms with Crippen LogP contribution in [-0.4, -0.2) is 19.9 Å². The zero-order chi connectivity index (χ0) is 14.5. The maximum absolute atomic E-state index is 11.5. The Balaban J connectivity index is 2.20. The van der Waals surface area contributed by atoms with Crippen LogP contribution >= 0.6 is 11.8 Å². The van der Waals surface area contributed by atoms with E-state index >= 15 is 0 Å². The number of nitrogens with zero attached hydrogens (tertiary/aromatic N) is 3. The van der Waals surface area contributed by atoms with Gasteiger partial charge in [0.15, 0.2) is 5.16 Å². The zero-order valence-electron chi connectivity index (χ0n) is 10.7. The quantitative estimate of drug-likeness (QED) is 0.515. The fourth-order valence-electron chi connectivity index (χ4n) is 1.56. The van der Waals surface area contributed by atoms with E-state index in [0.29, 0.717) is 10.2 Å². The van der Waals surface area contributed by atoms with Crippen molar-refractivity contribution < 1.29 is 4.92 Å². The number of aromatic nitrogens is 3. The predicted octanol–water partition coefficient (Wildman–Crippen LogP) is 2.18. The van der Waals surface area contributed by atoms with E-state index in [1.54, 1.807) is 0 Å². The SMILES string of the molecule is CCCc1cc(=O)[nH]c(Sc2ccc([N+](=O)[O-])cn2)n1. The third-order valence-electron chi connectivity index (χ3n) is 2.41. The average Bonchev–Trinajstić information content (AvgIpc) is 2.39. The van der Waals surface area contributed by atoms with E-state index in [-0.39, 0.29) is 11.2 Å². The number of hydrogen-bond acceptors (Lipinski definition) is 6. The number of H-pyrrole nitrogens is 1. The van der Waals surface area contributed by atoms with Crippen LogP contribution in [0.4, 0.5) is 5.69 Å². The highest BCUT2D eigenvalue weighted by Crippen LogP contribution is 2.23. The van der Waals surface area contributed by atoms with Gasteiger partial charge in [-0.3, -0.25) is 14.9 Å². The summed E-state index contributed by atoms with van der Waals surface area (Å²) >= 11 is 1.16. The molecule has 0 amide bonds. The predicted molar refractivity (Wildman–Crippen MR) is 73.9 cm³/mol. The van der Waals surface area contributed by atoms with Crippen molar-refractivity contribution in [1.82, 2.24) is 15.0 Å². The van der Waals surface area contributed by atoms with E-state index in [9.17, 15) is 14.9 Å². The van der Waals surface area contributed by atoms with Gasteiger partial charge in [0.2, 0.25) is 0 Å². The van der Waals surface area contributed by atoms with Crippen LogP contribution in [0.1, 0.15) is 19.0 Å². The number of aromatic amines is 1. The second-order valence-electron chi connectivity index (χ2n) is 4.01. The van der Waals surface area contributed by atoms with Crippen LogP contribution < -0.4 is 5.56 Å². The van der Waals surface area contributed by atoms with E-state index in [0.717, 1.165) is 30.3 Å². The Hall–Kier alpha value is -2.22. The number of rotatable bonds is 5. The lowest BCUT2D eigenvalue weighted by Crippen LogP contribution is -2.09. The molecule has 0 atom stereocenters. The van der Waals surface area contributed by atoms with Gasteiger partial charge in [-0.15, -0.1) is 0 Å². The Morgan fingerprint density at radius 2 is 2.25 bits per heavy atom. The summed E-state index contributed by atoms with van der Waals surface area (Å²) in [6.45, 7) is 2.01. The van der Waals surface area contributed by atoms with Crippen LogP contribution in [0.3, 0.4) is 0 Å². The standard InChI is InChI=1S/C12H12N4O3S/c1-2-3-8-6-10(17)15-12(14-8)20-11-5-4-9(7-13-11)16(18)19/h4-7H,2-3H2,1H3,(H,14,15,17). The van der Waals surface area contributed by atoms with Gasteiger partial charge in [-0.05, 0) is 24.2 Å². The molecule has 20 heavy (non-hydrogen) atoms. The molecule has 0 aliphatic heterocycles. The molecule has 2 aromatic heterocycles. The van der Waals surface area contributed by atoms with Crippen LogP contribution in [0.25, 0.3) is 0 Å². The van der Waals surface area contributed by atoms with Crippen molar-refractivity contribution in [1.29, 1.82) is 0 Å². The second-order valence-corrected chi connectivity index (χ2v) is 5.01. The first-order chi connectivity index (χ1) is 9.58. The maximum Gasteiger partial charge on any atom is 0.287 e. The molecular formula is C12H12N4O3S. The van der Waals surface area contributed by atoms with Crippen molar-refractivity contribution in [2.24, 2.45) is 0 Å². The van der Waals surface area contributed by atoms with E-state index in [4.69, 9.17) is 0 Å². The molecule has 0 fully saturated rings. The van der Waals surface area contributed by atoms with E-state index in [2.05, 4.69) is 15.0 Å². The minimum Gasteiger partial charge on any atom is -0.301 e. The molecule has 0 bridgehead atoms. The molecule has 0 saturated carbocycles. The second kappa shape index (κ2) is 6.29. The third-order valence-corrected chi connectivity index (χ3v) is 3.25. The maximum atomic E-state index is 11.5. The van der Waals surface area contributed by atoms with Gasteiger partial charge in [-0.2, -0.15) is 0 Å². The molecule has 7 nitrogen and oxygen atoms in total. The van der Waals surface area contributed by atoms with Gasteiger partial charge in [0.05, 0.1) is 4.92 Å². The lowest BCUT2D eigenvalue weighted by Gasteiger charge is -2.02. The summed E-state index contributed by atoms with van der Waals surface area (Å²) in [5.74, 6) is 0. The van der Waals surface area contributed by atoms with E-state index < -0.39 is 4.92 Å². The molecule has 1 N–H and O–H groups in total. The largest absolute Gasteiger partial charge is 0.301 e.